The zero-order valence-electron chi connectivity index (χ0n) is 9.87. The van der Waals surface area contributed by atoms with Gasteiger partial charge in [-0.3, -0.25) is 4.79 Å². The number of carbonyl (C=O) groups is 1. The first-order valence-electron chi connectivity index (χ1n) is 6.01. The second-order valence-electron chi connectivity index (χ2n) is 4.31. The lowest BCUT2D eigenvalue weighted by Crippen LogP contribution is -2.38. The van der Waals surface area contributed by atoms with Gasteiger partial charge in [0.05, 0.1) is 6.20 Å². The Labute approximate surface area is 104 Å². The molecule has 0 atom stereocenters. The molecule has 1 fully saturated rings. The molecule has 1 saturated heterocycles. The molecule has 3 heterocycles. The fourth-order valence-corrected chi connectivity index (χ4v) is 2.09. The second-order valence-corrected chi connectivity index (χ2v) is 4.31. The summed E-state index contributed by atoms with van der Waals surface area (Å²) in [6.07, 6.45) is 6.70. The summed E-state index contributed by atoms with van der Waals surface area (Å²) < 4.78 is 6.86. The van der Waals surface area contributed by atoms with Crippen molar-refractivity contribution < 1.29 is 9.53 Å². The molecule has 94 valence electrons. The Bertz CT molecular complexity index is 560. The summed E-state index contributed by atoms with van der Waals surface area (Å²) in [6.45, 7) is 1.41. The summed E-state index contributed by atoms with van der Waals surface area (Å²) in [5.41, 5.74) is 1.10. The number of carbonyl (C=O) groups excluding carboxylic acids is 1. The van der Waals surface area contributed by atoms with Crippen molar-refractivity contribution in [3.8, 4) is 0 Å². The number of amides is 1. The molecular weight excluding hydrogens is 232 g/mol. The van der Waals surface area contributed by atoms with Gasteiger partial charge in [-0.05, 0) is 18.9 Å². The van der Waals surface area contributed by atoms with Gasteiger partial charge in [-0.25, -0.2) is 9.50 Å². The predicted octanol–water partition coefficient (Wildman–Crippen LogP) is 0.638. The topological polar surface area (TPSA) is 68.5 Å². The van der Waals surface area contributed by atoms with E-state index < -0.39 is 0 Å². The quantitative estimate of drug-likeness (QED) is 0.844. The Kier molecular flexibility index (Phi) is 2.93. The molecule has 0 bridgehead atoms. The SMILES string of the molecule is O=C(NC1CCOCC1)c1cnn2cccnc12. The van der Waals surface area contributed by atoms with Crippen molar-refractivity contribution in [3.63, 3.8) is 0 Å². The van der Waals surface area contributed by atoms with Gasteiger partial charge < -0.3 is 10.1 Å². The van der Waals surface area contributed by atoms with Crippen LogP contribution in [0, 0.1) is 0 Å². The Hall–Kier alpha value is -1.95. The molecule has 0 aliphatic carbocycles. The standard InChI is InChI=1S/C12H14N4O2/c17-12(15-9-2-6-18-7-3-9)10-8-14-16-5-1-4-13-11(10)16/h1,4-5,8-9H,2-3,6-7H2,(H,15,17). The summed E-state index contributed by atoms with van der Waals surface area (Å²) in [7, 11) is 0. The Morgan fingerprint density at radius 3 is 3.11 bits per heavy atom. The maximum Gasteiger partial charge on any atom is 0.256 e. The highest BCUT2D eigenvalue weighted by Crippen LogP contribution is 2.10. The monoisotopic (exact) mass is 246 g/mol. The average molecular weight is 246 g/mol. The van der Waals surface area contributed by atoms with Gasteiger partial charge in [-0.15, -0.1) is 0 Å². The van der Waals surface area contributed by atoms with Crippen LogP contribution in [0.2, 0.25) is 0 Å². The molecule has 1 aliphatic heterocycles. The maximum atomic E-state index is 12.1. The summed E-state index contributed by atoms with van der Waals surface area (Å²) in [5, 5.41) is 7.10. The molecule has 0 radical (unpaired) electrons. The fraction of sp³-hybridized carbons (Fsp3) is 0.417. The molecule has 1 amide bonds. The van der Waals surface area contributed by atoms with E-state index in [4.69, 9.17) is 4.74 Å². The number of nitrogens with one attached hydrogen (secondary N) is 1. The van der Waals surface area contributed by atoms with Crippen LogP contribution in [-0.2, 0) is 4.74 Å². The Morgan fingerprint density at radius 2 is 2.28 bits per heavy atom. The largest absolute Gasteiger partial charge is 0.381 e. The van der Waals surface area contributed by atoms with Crippen LogP contribution >= 0.6 is 0 Å². The van der Waals surface area contributed by atoms with E-state index in [0.29, 0.717) is 24.4 Å². The molecule has 1 N–H and O–H groups in total. The molecule has 2 aromatic heterocycles. The third kappa shape index (κ3) is 2.06. The number of hydrogen-bond donors (Lipinski definition) is 1. The third-order valence-electron chi connectivity index (χ3n) is 3.08. The molecule has 0 saturated carbocycles. The maximum absolute atomic E-state index is 12.1. The molecule has 0 spiro atoms. The number of aromatic nitrogens is 3. The van der Waals surface area contributed by atoms with E-state index in [-0.39, 0.29) is 11.9 Å². The molecule has 0 unspecified atom stereocenters. The Balaban J connectivity index is 1.79. The minimum atomic E-state index is -0.115. The highest BCUT2D eigenvalue weighted by atomic mass is 16.5. The van der Waals surface area contributed by atoms with Gasteiger partial charge in [0.2, 0.25) is 0 Å². The van der Waals surface area contributed by atoms with E-state index in [1.807, 2.05) is 0 Å². The molecule has 0 aromatic carbocycles. The van der Waals surface area contributed by atoms with Crippen LogP contribution < -0.4 is 5.32 Å². The van der Waals surface area contributed by atoms with Crippen LogP contribution in [0.4, 0.5) is 0 Å². The van der Waals surface area contributed by atoms with E-state index in [0.717, 1.165) is 12.8 Å². The van der Waals surface area contributed by atoms with Crippen molar-refractivity contribution in [1.82, 2.24) is 19.9 Å². The van der Waals surface area contributed by atoms with Gasteiger partial charge in [0.1, 0.15) is 5.56 Å². The highest BCUT2D eigenvalue weighted by molar-refractivity contribution is 5.99. The fourth-order valence-electron chi connectivity index (χ4n) is 2.09. The second kappa shape index (κ2) is 4.73. The lowest BCUT2D eigenvalue weighted by Gasteiger charge is -2.22. The lowest BCUT2D eigenvalue weighted by molar-refractivity contribution is 0.0697. The van der Waals surface area contributed by atoms with E-state index >= 15 is 0 Å². The number of nitrogens with zero attached hydrogens (tertiary/aromatic N) is 3. The third-order valence-corrected chi connectivity index (χ3v) is 3.08. The van der Waals surface area contributed by atoms with Crippen molar-refractivity contribution in [3.05, 3.63) is 30.2 Å². The first-order chi connectivity index (χ1) is 8.84. The zero-order chi connectivity index (χ0) is 12.4. The molecule has 6 nitrogen and oxygen atoms in total. The van der Waals surface area contributed by atoms with E-state index in [1.165, 1.54) is 0 Å². The smallest absolute Gasteiger partial charge is 0.256 e. The summed E-state index contributed by atoms with van der Waals surface area (Å²) in [6, 6.07) is 1.96. The van der Waals surface area contributed by atoms with Crippen LogP contribution in [0.5, 0.6) is 0 Å². The Morgan fingerprint density at radius 1 is 1.44 bits per heavy atom. The van der Waals surface area contributed by atoms with E-state index in [2.05, 4.69) is 15.4 Å². The van der Waals surface area contributed by atoms with Crippen molar-refractivity contribution in [2.24, 2.45) is 0 Å². The van der Waals surface area contributed by atoms with Gasteiger partial charge in [0, 0.05) is 31.6 Å². The number of ether oxygens (including phenoxy) is 1. The first kappa shape index (κ1) is 11.2. The lowest BCUT2D eigenvalue weighted by atomic mass is 10.1. The summed E-state index contributed by atoms with van der Waals surface area (Å²) in [4.78, 5) is 16.3. The highest BCUT2D eigenvalue weighted by Gasteiger charge is 2.19. The van der Waals surface area contributed by atoms with E-state index in [1.54, 1.807) is 29.2 Å². The van der Waals surface area contributed by atoms with Gasteiger partial charge in [0.25, 0.3) is 5.91 Å². The molecule has 18 heavy (non-hydrogen) atoms. The minimum absolute atomic E-state index is 0.115. The first-order valence-corrected chi connectivity index (χ1v) is 6.01. The number of hydrogen-bond acceptors (Lipinski definition) is 4. The van der Waals surface area contributed by atoms with Crippen molar-refractivity contribution >= 4 is 11.6 Å². The minimum Gasteiger partial charge on any atom is -0.381 e. The van der Waals surface area contributed by atoms with Crippen molar-refractivity contribution in [1.29, 1.82) is 0 Å². The number of fused-ring (bicyclic) bond motifs is 1. The molecule has 6 heteroatoms. The summed E-state index contributed by atoms with van der Waals surface area (Å²) >= 11 is 0. The zero-order valence-corrected chi connectivity index (χ0v) is 9.87. The van der Waals surface area contributed by atoms with Crippen LogP contribution in [0.25, 0.3) is 5.65 Å². The molecule has 2 aromatic rings. The van der Waals surface area contributed by atoms with Crippen LogP contribution in [0.1, 0.15) is 23.2 Å². The van der Waals surface area contributed by atoms with Crippen molar-refractivity contribution in [2.75, 3.05) is 13.2 Å². The predicted molar refractivity (Wildman–Crippen MR) is 64.3 cm³/mol. The normalized spacial score (nSPS) is 16.9. The van der Waals surface area contributed by atoms with Gasteiger partial charge >= 0.3 is 0 Å². The molecular formula is C12H14N4O2. The van der Waals surface area contributed by atoms with Gasteiger partial charge in [-0.2, -0.15) is 5.10 Å². The summed E-state index contributed by atoms with van der Waals surface area (Å²) in [5.74, 6) is -0.115. The van der Waals surface area contributed by atoms with Crippen LogP contribution in [0.15, 0.2) is 24.7 Å². The molecule has 1 aliphatic rings. The number of rotatable bonds is 2. The van der Waals surface area contributed by atoms with E-state index in [9.17, 15) is 4.79 Å². The molecule has 3 rings (SSSR count). The average Bonchev–Trinajstić information content (AvgIpc) is 2.84. The van der Waals surface area contributed by atoms with Gasteiger partial charge in [0.15, 0.2) is 5.65 Å². The van der Waals surface area contributed by atoms with Crippen molar-refractivity contribution in [2.45, 2.75) is 18.9 Å². The van der Waals surface area contributed by atoms with Gasteiger partial charge in [-0.1, -0.05) is 0 Å². The van der Waals surface area contributed by atoms with Crippen LogP contribution in [0.3, 0.4) is 0 Å². The van der Waals surface area contributed by atoms with Crippen LogP contribution in [-0.4, -0.2) is 39.8 Å².